The minimum absolute atomic E-state index is 0.169. The third-order valence-corrected chi connectivity index (χ3v) is 3.94. The minimum atomic E-state index is -0.921. The van der Waals surface area contributed by atoms with Gasteiger partial charge in [-0.25, -0.2) is 4.79 Å². The van der Waals surface area contributed by atoms with E-state index in [0.717, 1.165) is 0 Å². The van der Waals surface area contributed by atoms with Crippen molar-refractivity contribution in [3.63, 3.8) is 0 Å². The van der Waals surface area contributed by atoms with Gasteiger partial charge in [-0.15, -0.1) is 0 Å². The van der Waals surface area contributed by atoms with Crippen LogP contribution in [-0.4, -0.2) is 54.4 Å². The molecule has 2 N–H and O–H groups in total. The number of hydrogen-bond donors (Lipinski definition) is 2. The molecule has 0 aromatic carbocycles. The van der Waals surface area contributed by atoms with Crippen LogP contribution in [0.5, 0.6) is 0 Å². The first kappa shape index (κ1) is 13.1. The van der Waals surface area contributed by atoms with E-state index in [1.54, 1.807) is 11.9 Å². The molecule has 102 valence electrons. The van der Waals surface area contributed by atoms with Crippen molar-refractivity contribution in [3.8, 4) is 0 Å². The summed E-state index contributed by atoms with van der Waals surface area (Å²) in [6.07, 6.45) is 2.34. The molecule has 0 spiro atoms. The van der Waals surface area contributed by atoms with Crippen LogP contribution in [0.3, 0.4) is 0 Å². The Morgan fingerprint density at radius 3 is 2.61 bits per heavy atom. The highest BCUT2D eigenvalue weighted by molar-refractivity contribution is 5.77. The second-order valence-electron chi connectivity index (χ2n) is 5.23. The SMILES string of the molecule is CC(C1CC1)N(C)C(=O)NC1COCC1C(=O)O. The van der Waals surface area contributed by atoms with E-state index < -0.39 is 17.9 Å². The van der Waals surface area contributed by atoms with Crippen LogP contribution in [0, 0.1) is 11.8 Å². The van der Waals surface area contributed by atoms with Crippen LogP contribution >= 0.6 is 0 Å². The third kappa shape index (κ3) is 2.75. The van der Waals surface area contributed by atoms with Gasteiger partial charge >= 0.3 is 12.0 Å². The number of carbonyl (C=O) groups excluding carboxylic acids is 1. The number of carboxylic acids is 1. The van der Waals surface area contributed by atoms with Crippen LogP contribution < -0.4 is 5.32 Å². The average molecular weight is 256 g/mol. The Morgan fingerprint density at radius 1 is 1.39 bits per heavy atom. The van der Waals surface area contributed by atoms with Crippen molar-refractivity contribution in [1.29, 1.82) is 0 Å². The van der Waals surface area contributed by atoms with Crippen molar-refractivity contribution in [2.75, 3.05) is 20.3 Å². The van der Waals surface area contributed by atoms with Crippen LogP contribution in [-0.2, 0) is 9.53 Å². The molecule has 1 saturated carbocycles. The summed E-state index contributed by atoms with van der Waals surface area (Å²) in [6.45, 7) is 2.47. The maximum atomic E-state index is 12.0. The molecule has 0 aromatic rings. The van der Waals surface area contributed by atoms with Gasteiger partial charge in [0.2, 0.25) is 0 Å². The van der Waals surface area contributed by atoms with Gasteiger partial charge in [-0.05, 0) is 25.7 Å². The van der Waals surface area contributed by atoms with Gasteiger partial charge in [-0.1, -0.05) is 0 Å². The van der Waals surface area contributed by atoms with Gasteiger partial charge in [0.15, 0.2) is 0 Å². The fraction of sp³-hybridized carbons (Fsp3) is 0.833. The van der Waals surface area contributed by atoms with E-state index >= 15 is 0 Å². The molecule has 18 heavy (non-hydrogen) atoms. The average Bonchev–Trinajstić information content (AvgIpc) is 3.07. The van der Waals surface area contributed by atoms with Gasteiger partial charge < -0.3 is 20.1 Å². The molecule has 1 saturated heterocycles. The van der Waals surface area contributed by atoms with Crippen molar-refractivity contribution in [2.45, 2.75) is 31.8 Å². The number of nitrogens with zero attached hydrogens (tertiary/aromatic N) is 1. The van der Waals surface area contributed by atoms with E-state index in [-0.39, 0.29) is 25.3 Å². The number of carbonyl (C=O) groups is 2. The Balaban J connectivity index is 1.87. The fourth-order valence-electron chi connectivity index (χ4n) is 2.28. The third-order valence-electron chi connectivity index (χ3n) is 3.94. The number of carboxylic acid groups (broad SMARTS) is 1. The van der Waals surface area contributed by atoms with Crippen molar-refractivity contribution in [3.05, 3.63) is 0 Å². The number of urea groups is 1. The fourth-order valence-corrected chi connectivity index (χ4v) is 2.28. The molecule has 3 unspecified atom stereocenters. The smallest absolute Gasteiger partial charge is 0.317 e. The molecule has 6 nitrogen and oxygen atoms in total. The highest BCUT2D eigenvalue weighted by atomic mass is 16.5. The lowest BCUT2D eigenvalue weighted by molar-refractivity contribution is -0.142. The van der Waals surface area contributed by atoms with Crippen LogP contribution in [0.25, 0.3) is 0 Å². The summed E-state index contributed by atoms with van der Waals surface area (Å²) in [5.74, 6) is -0.967. The molecule has 0 bridgehead atoms. The van der Waals surface area contributed by atoms with Gasteiger partial charge in [-0.2, -0.15) is 0 Å². The number of rotatable bonds is 4. The maximum Gasteiger partial charge on any atom is 0.317 e. The first-order valence-corrected chi connectivity index (χ1v) is 6.34. The monoisotopic (exact) mass is 256 g/mol. The second kappa shape index (κ2) is 5.14. The predicted octanol–water partition coefficient (Wildman–Crippen LogP) is 0.526. The normalized spacial score (nSPS) is 28.8. The zero-order chi connectivity index (χ0) is 13.3. The van der Waals surface area contributed by atoms with Crippen LogP contribution in [0.1, 0.15) is 19.8 Å². The lowest BCUT2D eigenvalue weighted by Crippen LogP contribution is -2.50. The Hall–Kier alpha value is -1.30. The van der Waals surface area contributed by atoms with Crippen LogP contribution in [0.2, 0.25) is 0 Å². The van der Waals surface area contributed by atoms with Crippen molar-refractivity contribution < 1.29 is 19.4 Å². The molecule has 1 aliphatic carbocycles. The largest absolute Gasteiger partial charge is 0.481 e. The molecule has 0 aromatic heterocycles. The molecule has 2 aliphatic rings. The molecule has 0 radical (unpaired) electrons. The first-order valence-electron chi connectivity index (χ1n) is 6.34. The summed E-state index contributed by atoms with van der Waals surface area (Å²) in [6, 6.07) is -0.435. The minimum Gasteiger partial charge on any atom is -0.481 e. The molecule has 1 aliphatic heterocycles. The zero-order valence-electron chi connectivity index (χ0n) is 10.8. The van der Waals surface area contributed by atoms with E-state index in [9.17, 15) is 9.59 Å². The standard InChI is InChI=1S/C12H20N2O4/c1-7(8-3-4-8)14(2)12(17)13-10-6-18-5-9(10)11(15)16/h7-10H,3-6H2,1-2H3,(H,13,17)(H,15,16). The topological polar surface area (TPSA) is 78.9 Å². The van der Waals surface area contributed by atoms with Crippen LogP contribution in [0.15, 0.2) is 0 Å². The molecule has 3 atom stereocenters. The van der Waals surface area contributed by atoms with Crippen LogP contribution in [0.4, 0.5) is 4.79 Å². The van der Waals surface area contributed by atoms with Crippen molar-refractivity contribution >= 4 is 12.0 Å². The Morgan fingerprint density at radius 2 is 2.06 bits per heavy atom. The summed E-state index contributed by atoms with van der Waals surface area (Å²) in [5, 5.41) is 11.8. The quantitative estimate of drug-likeness (QED) is 0.769. The lowest BCUT2D eigenvalue weighted by Gasteiger charge is -2.27. The van der Waals surface area contributed by atoms with Gasteiger partial charge in [-0.3, -0.25) is 4.79 Å². The Labute approximate surface area is 106 Å². The number of aliphatic carboxylic acids is 1. The van der Waals surface area contributed by atoms with Crippen molar-refractivity contribution in [1.82, 2.24) is 10.2 Å². The number of amides is 2. The van der Waals surface area contributed by atoms with E-state index in [4.69, 9.17) is 9.84 Å². The zero-order valence-corrected chi connectivity index (χ0v) is 10.8. The van der Waals surface area contributed by atoms with Crippen molar-refractivity contribution in [2.24, 2.45) is 11.8 Å². The molecule has 1 heterocycles. The number of ether oxygens (including phenoxy) is 1. The highest BCUT2D eigenvalue weighted by Gasteiger charge is 2.37. The number of nitrogens with one attached hydrogen (secondary N) is 1. The molecular weight excluding hydrogens is 236 g/mol. The maximum absolute atomic E-state index is 12.0. The summed E-state index contributed by atoms with van der Waals surface area (Å²) in [5.41, 5.74) is 0. The number of hydrogen-bond acceptors (Lipinski definition) is 3. The van der Waals surface area contributed by atoms with E-state index in [1.165, 1.54) is 12.8 Å². The molecule has 2 fully saturated rings. The van der Waals surface area contributed by atoms with Gasteiger partial charge in [0.25, 0.3) is 0 Å². The van der Waals surface area contributed by atoms with Gasteiger partial charge in [0, 0.05) is 13.1 Å². The molecule has 2 rings (SSSR count). The van der Waals surface area contributed by atoms with Gasteiger partial charge in [0.05, 0.1) is 19.3 Å². The lowest BCUT2D eigenvalue weighted by atomic mass is 10.0. The summed E-state index contributed by atoms with van der Waals surface area (Å²) >= 11 is 0. The Bertz CT molecular complexity index is 343. The summed E-state index contributed by atoms with van der Waals surface area (Å²) in [7, 11) is 1.75. The molecule has 6 heteroatoms. The molecular formula is C12H20N2O4. The predicted molar refractivity (Wildman–Crippen MR) is 64.2 cm³/mol. The van der Waals surface area contributed by atoms with E-state index in [0.29, 0.717) is 5.92 Å². The molecule has 2 amide bonds. The summed E-state index contributed by atoms with van der Waals surface area (Å²) in [4.78, 5) is 24.6. The first-order chi connectivity index (χ1) is 8.50. The van der Waals surface area contributed by atoms with E-state index in [2.05, 4.69) is 5.32 Å². The Kier molecular flexibility index (Phi) is 3.75. The highest BCUT2D eigenvalue weighted by Crippen LogP contribution is 2.34. The summed E-state index contributed by atoms with van der Waals surface area (Å²) < 4.78 is 5.12. The second-order valence-corrected chi connectivity index (χ2v) is 5.23. The van der Waals surface area contributed by atoms with E-state index in [1.807, 2.05) is 6.92 Å². The van der Waals surface area contributed by atoms with Gasteiger partial charge in [0.1, 0.15) is 5.92 Å².